The molecular formula is C16H23N3. The fourth-order valence-electron chi connectivity index (χ4n) is 5.05. The van der Waals surface area contributed by atoms with Gasteiger partial charge < -0.3 is 16.8 Å². The molecule has 0 aliphatic heterocycles. The lowest BCUT2D eigenvalue weighted by Crippen LogP contribution is -2.51. The molecule has 0 heterocycles. The maximum atomic E-state index is 6.08. The van der Waals surface area contributed by atoms with Crippen LogP contribution in [0.25, 0.3) is 0 Å². The molecule has 4 aliphatic carbocycles. The van der Waals surface area contributed by atoms with Gasteiger partial charge in [0.15, 0.2) is 0 Å². The van der Waals surface area contributed by atoms with Crippen LogP contribution >= 0.6 is 0 Å². The molecule has 0 saturated heterocycles. The zero-order chi connectivity index (χ0) is 13.0. The van der Waals surface area contributed by atoms with Crippen molar-refractivity contribution in [1.29, 1.82) is 0 Å². The lowest BCUT2D eigenvalue weighted by molar-refractivity contribution is 0.00756. The molecule has 0 aromatic heterocycles. The first-order valence-electron chi connectivity index (χ1n) is 7.60. The lowest BCUT2D eigenvalue weighted by atomic mass is 9.54. The van der Waals surface area contributed by atoms with Crippen molar-refractivity contribution >= 4 is 17.1 Å². The van der Waals surface area contributed by atoms with E-state index in [1.807, 2.05) is 18.2 Å². The van der Waals surface area contributed by atoms with Crippen molar-refractivity contribution in [3.05, 3.63) is 18.2 Å². The fraction of sp³-hybridized carbons (Fsp3) is 0.625. The van der Waals surface area contributed by atoms with Crippen molar-refractivity contribution < 1.29 is 0 Å². The van der Waals surface area contributed by atoms with Crippen molar-refractivity contribution in [1.82, 2.24) is 0 Å². The number of anilines is 3. The number of rotatable bonds is 2. The third kappa shape index (κ3) is 1.87. The molecule has 5 N–H and O–H groups in total. The van der Waals surface area contributed by atoms with E-state index in [1.165, 1.54) is 32.1 Å². The van der Waals surface area contributed by atoms with Gasteiger partial charge in [0.05, 0.1) is 11.4 Å². The molecule has 19 heavy (non-hydrogen) atoms. The summed E-state index contributed by atoms with van der Waals surface area (Å²) in [7, 11) is 0. The van der Waals surface area contributed by atoms with Gasteiger partial charge in [-0.2, -0.15) is 0 Å². The average Bonchev–Trinajstić information content (AvgIpc) is 2.35. The molecule has 0 unspecified atom stereocenters. The molecule has 0 radical (unpaired) electrons. The van der Waals surface area contributed by atoms with Gasteiger partial charge in [-0.15, -0.1) is 0 Å². The fourth-order valence-corrected chi connectivity index (χ4v) is 5.05. The maximum absolute atomic E-state index is 6.08. The third-order valence-electron chi connectivity index (χ3n) is 5.62. The van der Waals surface area contributed by atoms with Gasteiger partial charge in [-0.25, -0.2) is 0 Å². The number of hydrogen-bond acceptors (Lipinski definition) is 3. The summed E-state index contributed by atoms with van der Waals surface area (Å²) in [6.45, 7) is 0. The van der Waals surface area contributed by atoms with Gasteiger partial charge in [0.1, 0.15) is 0 Å². The van der Waals surface area contributed by atoms with Crippen molar-refractivity contribution in [2.24, 2.45) is 23.7 Å². The molecule has 0 atom stereocenters. The summed E-state index contributed by atoms with van der Waals surface area (Å²) in [6.07, 6.45) is 7.22. The van der Waals surface area contributed by atoms with E-state index >= 15 is 0 Å². The standard InChI is InChI=1S/C16H23N3/c17-13-1-2-15(14(18)8-13)19-16-11-4-9-3-10(6-11)7-12(16)5-9/h1-2,8-12,16,19H,3-7,17-18H2. The predicted molar refractivity (Wildman–Crippen MR) is 79.7 cm³/mol. The van der Waals surface area contributed by atoms with Crippen LogP contribution in [-0.2, 0) is 0 Å². The molecule has 4 fully saturated rings. The summed E-state index contributed by atoms with van der Waals surface area (Å²) in [6, 6.07) is 6.47. The third-order valence-corrected chi connectivity index (χ3v) is 5.62. The minimum absolute atomic E-state index is 0.638. The second-order valence-corrected chi connectivity index (χ2v) is 6.95. The van der Waals surface area contributed by atoms with Gasteiger partial charge >= 0.3 is 0 Å². The molecule has 5 rings (SSSR count). The Kier molecular flexibility index (Phi) is 2.44. The van der Waals surface area contributed by atoms with Gasteiger partial charge in [0.2, 0.25) is 0 Å². The molecule has 102 valence electrons. The Labute approximate surface area is 114 Å². The minimum atomic E-state index is 0.638. The van der Waals surface area contributed by atoms with E-state index in [9.17, 15) is 0 Å². The SMILES string of the molecule is Nc1ccc(NC2C3CC4CC(C3)CC2C4)c(N)c1. The predicted octanol–water partition coefficient (Wildman–Crippen LogP) is 3.09. The van der Waals surface area contributed by atoms with Crippen LogP contribution in [0.1, 0.15) is 32.1 Å². The summed E-state index contributed by atoms with van der Waals surface area (Å²) < 4.78 is 0. The minimum Gasteiger partial charge on any atom is -0.399 e. The van der Waals surface area contributed by atoms with Gasteiger partial charge in [-0.1, -0.05) is 0 Å². The Morgan fingerprint density at radius 1 is 0.895 bits per heavy atom. The zero-order valence-corrected chi connectivity index (χ0v) is 11.3. The maximum Gasteiger partial charge on any atom is 0.0577 e. The highest BCUT2D eigenvalue weighted by Crippen LogP contribution is 2.54. The second kappa shape index (κ2) is 4.06. The number of nitrogens with one attached hydrogen (secondary N) is 1. The van der Waals surface area contributed by atoms with E-state index in [0.29, 0.717) is 6.04 Å². The summed E-state index contributed by atoms with van der Waals surface area (Å²) in [5, 5.41) is 3.74. The highest BCUT2D eigenvalue weighted by Gasteiger charge is 2.48. The molecule has 3 heteroatoms. The largest absolute Gasteiger partial charge is 0.399 e. The topological polar surface area (TPSA) is 64.1 Å². The number of nitrogen functional groups attached to an aromatic ring is 2. The summed E-state index contributed by atoms with van der Waals surface area (Å²) in [4.78, 5) is 0. The Bertz CT molecular complexity index is 469. The van der Waals surface area contributed by atoms with Crippen molar-refractivity contribution in [3.63, 3.8) is 0 Å². The van der Waals surface area contributed by atoms with Gasteiger partial charge in [-0.3, -0.25) is 0 Å². The van der Waals surface area contributed by atoms with Crippen LogP contribution in [0, 0.1) is 23.7 Å². The molecule has 1 aromatic rings. The van der Waals surface area contributed by atoms with Crippen LogP contribution in [0.2, 0.25) is 0 Å². The number of hydrogen-bond donors (Lipinski definition) is 3. The first-order chi connectivity index (χ1) is 9.19. The van der Waals surface area contributed by atoms with Crippen molar-refractivity contribution in [2.75, 3.05) is 16.8 Å². The van der Waals surface area contributed by atoms with Gasteiger partial charge in [0.25, 0.3) is 0 Å². The van der Waals surface area contributed by atoms with Gasteiger partial charge in [0, 0.05) is 11.7 Å². The highest BCUT2D eigenvalue weighted by atomic mass is 15.0. The van der Waals surface area contributed by atoms with E-state index in [2.05, 4.69) is 5.32 Å². The summed E-state index contributed by atoms with van der Waals surface area (Å²) in [5.74, 6) is 3.77. The van der Waals surface area contributed by atoms with Crippen LogP contribution in [0.4, 0.5) is 17.1 Å². The number of benzene rings is 1. The van der Waals surface area contributed by atoms with Crippen LogP contribution in [0.3, 0.4) is 0 Å². The molecule has 0 amide bonds. The van der Waals surface area contributed by atoms with Crippen LogP contribution in [0.15, 0.2) is 18.2 Å². The normalized spacial score (nSPS) is 39.5. The first kappa shape index (κ1) is 11.4. The molecule has 0 spiro atoms. The van der Waals surface area contributed by atoms with Crippen LogP contribution < -0.4 is 16.8 Å². The zero-order valence-electron chi connectivity index (χ0n) is 11.3. The molecule has 4 aliphatic rings. The van der Waals surface area contributed by atoms with E-state index in [4.69, 9.17) is 11.5 Å². The molecule has 1 aromatic carbocycles. The van der Waals surface area contributed by atoms with E-state index < -0.39 is 0 Å². The Hall–Kier alpha value is -1.38. The Morgan fingerprint density at radius 3 is 2.11 bits per heavy atom. The monoisotopic (exact) mass is 257 g/mol. The van der Waals surface area contributed by atoms with E-state index in [0.717, 1.165) is 40.7 Å². The average molecular weight is 257 g/mol. The molecule has 3 nitrogen and oxygen atoms in total. The second-order valence-electron chi connectivity index (χ2n) is 6.95. The molecule has 4 saturated carbocycles. The van der Waals surface area contributed by atoms with E-state index in [1.54, 1.807) is 0 Å². The van der Waals surface area contributed by atoms with Crippen molar-refractivity contribution in [3.8, 4) is 0 Å². The highest BCUT2D eigenvalue weighted by molar-refractivity contribution is 5.71. The van der Waals surface area contributed by atoms with E-state index in [-0.39, 0.29) is 0 Å². The lowest BCUT2D eigenvalue weighted by Gasteiger charge is -2.54. The number of nitrogens with two attached hydrogens (primary N) is 2. The van der Waals surface area contributed by atoms with Crippen LogP contribution in [0.5, 0.6) is 0 Å². The van der Waals surface area contributed by atoms with Crippen molar-refractivity contribution in [2.45, 2.75) is 38.1 Å². The molecular weight excluding hydrogens is 234 g/mol. The Balaban J connectivity index is 1.56. The van der Waals surface area contributed by atoms with Crippen LogP contribution in [-0.4, -0.2) is 6.04 Å². The molecule has 4 bridgehead atoms. The summed E-state index contributed by atoms with van der Waals surface area (Å²) >= 11 is 0. The smallest absolute Gasteiger partial charge is 0.0577 e. The first-order valence-corrected chi connectivity index (χ1v) is 7.60. The summed E-state index contributed by atoms with van der Waals surface area (Å²) in [5.41, 5.74) is 14.5. The quantitative estimate of drug-likeness (QED) is 0.713. The van der Waals surface area contributed by atoms with Gasteiger partial charge in [-0.05, 0) is 74.0 Å². The Morgan fingerprint density at radius 2 is 1.53 bits per heavy atom.